The molecular formula is C10H20N2O2. The van der Waals surface area contributed by atoms with Crippen molar-refractivity contribution in [3.8, 4) is 0 Å². The van der Waals surface area contributed by atoms with E-state index in [1.165, 1.54) is 0 Å². The van der Waals surface area contributed by atoms with Crippen molar-refractivity contribution in [1.82, 2.24) is 9.96 Å². The first-order valence-corrected chi connectivity index (χ1v) is 4.94. The first-order valence-electron chi connectivity index (χ1n) is 4.94. The number of hydrogen-bond donors (Lipinski definition) is 0. The second-order valence-corrected chi connectivity index (χ2v) is 5.09. The van der Waals surface area contributed by atoms with Crippen molar-refractivity contribution in [3.05, 3.63) is 0 Å². The molecule has 0 saturated carbocycles. The number of hydroxylamine groups is 2. The van der Waals surface area contributed by atoms with Crippen molar-refractivity contribution in [1.29, 1.82) is 0 Å². The molecule has 4 nitrogen and oxygen atoms in total. The van der Waals surface area contributed by atoms with E-state index < -0.39 is 5.41 Å². The highest BCUT2D eigenvalue weighted by molar-refractivity contribution is 5.75. The summed E-state index contributed by atoms with van der Waals surface area (Å²) in [5, 5.41) is 1.72. The molecule has 0 aromatic heterocycles. The van der Waals surface area contributed by atoms with E-state index in [9.17, 15) is 4.79 Å². The van der Waals surface area contributed by atoms with Crippen LogP contribution in [0.1, 0.15) is 20.8 Å². The van der Waals surface area contributed by atoms with Crippen LogP contribution in [0.3, 0.4) is 0 Å². The Bertz CT molecular complexity index is 215. The number of carbonyl (C=O) groups excluding carboxylic acids is 1. The van der Waals surface area contributed by atoms with Crippen LogP contribution in [-0.4, -0.2) is 49.2 Å². The molecule has 1 fully saturated rings. The van der Waals surface area contributed by atoms with Crippen LogP contribution in [0.15, 0.2) is 0 Å². The van der Waals surface area contributed by atoms with Gasteiger partial charge in [0.05, 0.1) is 18.5 Å². The zero-order valence-corrected chi connectivity index (χ0v) is 9.70. The van der Waals surface area contributed by atoms with Crippen LogP contribution in [0.25, 0.3) is 0 Å². The highest BCUT2D eigenvalue weighted by atomic mass is 16.7. The zero-order valence-electron chi connectivity index (χ0n) is 9.70. The van der Waals surface area contributed by atoms with Crippen molar-refractivity contribution in [2.24, 2.45) is 5.41 Å². The minimum Gasteiger partial charge on any atom is -0.367 e. The van der Waals surface area contributed by atoms with Crippen LogP contribution < -0.4 is 0 Å². The van der Waals surface area contributed by atoms with Gasteiger partial charge in [0.1, 0.15) is 0 Å². The highest BCUT2D eigenvalue weighted by Crippen LogP contribution is 2.19. The maximum Gasteiger partial charge on any atom is 0.330 e. The summed E-state index contributed by atoms with van der Waals surface area (Å²) >= 11 is 0. The average Bonchev–Trinajstić information content (AvgIpc) is 1.92. The second-order valence-electron chi connectivity index (χ2n) is 5.09. The van der Waals surface area contributed by atoms with E-state index in [0.29, 0.717) is 6.04 Å². The molecular weight excluding hydrogens is 180 g/mol. The van der Waals surface area contributed by atoms with Gasteiger partial charge in [-0.15, -0.1) is 5.06 Å². The predicted octanol–water partition coefficient (Wildman–Crippen LogP) is 0.736. The van der Waals surface area contributed by atoms with Gasteiger partial charge in [0.2, 0.25) is 0 Å². The van der Waals surface area contributed by atoms with Crippen LogP contribution in [0.5, 0.6) is 0 Å². The van der Waals surface area contributed by atoms with Gasteiger partial charge in [-0.2, -0.15) is 0 Å². The molecule has 0 aromatic rings. The Morgan fingerprint density at radius 2 is 1.86 bits per heavy atom. The summed E-state index contributed by atoms with van der Waals surface area (Å²) in [6.07, 6.45) is 0. The Morgan fingerprint density at radius 3 is 2.21 bits per heavy atom. The summed E-state index contributed by atoms with van der Waals surface area (Å²) in [5.41, 5.74) is -0.413. The average molecular weight is 200 g/mol. The Morgan fingerprint density at radius 1 is 1.36 bits per heavy atom. The Kier molecular flexibility index (Phi) is 3.17. The number of hydrogen-bond acceptors (Lipinski definition) is 4. The molecule has 1 rings (SSSR count). The van der Waals surface area contributed by atoms with Gasteiger partial charge in [-0.3, -0.25) is 0 Å². The normalized spacial score (nSPS) is 19.6. The molecule has 0 amide bonds. The minimum absolute atomic E-state index is 0.158. The van der Waals surface area contributed by atoms with Gasteiger partial charge in [-0.05, 0) is 34.9 Å². The Hall–Kier alpha value is -0.610. The van der Waals surface area contributed by atoms with Crippen molar-refractivity contribution in [2.45, 2.75) is 26.8 Å². The number of rotatable bonds is 2. The zero-order chi connectivity index (χ0) is 10.9. The molecule has 14 heavy (non-hydrogen) atoms. The van der Waals surface area contributed by atoms with Crippen LogP contribution in [-0.2, 0) is 9.63 Å². The molecule has 4 heteroatoms. The Balaban J connectivity index is 2.27. The smallest absolute Gasteiger partial charge is 0.330 e. The highest BCUT2D eigenvalue weighted by Gasteiger charge is 2.34. The maximum atomic E-state index is 11.5. The summed E-state index contributed by atoms with van der Waals surface area (Å²) in [7, 11) is 4.07. The summed E-state index contributed by atoms with van der Waals surface area (Å²) in [6.45, 7) is 7.21. The Labute approximate surface area is 85.8 Å². The quantitative estimate of drug-likeness (QED) is 0.658. The van der Waals surface area contributed by atoms with E-state index in [1.807, 2.05) is 34.9 Å². The number of likely N-dealkylation sites (N-methyl/N-ethyl adjacent to an activating group) is 1. The molecule has 1 aliphatic rings. The molecule has 1 aliphatic heterocycles. The van der Waals surface area contributed by atoms with E-state index in [4.69, 9.17) is 4.84 Å². The lowest BCUT2D eigenvalue weighted by Crippen LogP contribution is -2.58. The standard InChI is InChI=1S/C10H20N2O2/c1-10(2,3)9(13)14-12-6-8(7-12)11(4)5/h8H,6-7H2,1-5H3. The largest absolute Gasteiger partial charge is 0.367 e. The van der Waals surface area contributed by atoms with Gasteiger partial charge in [-0.1, -0.05) is 0 Å². The molecule has 1 heterocycles. The summed E-state index contributed by atoms with van der Waals surface area (Å²) < 4.78 is 0. The van der Waals surface area contributed by atoms with Crippen LogP contribution in [0.2, 0.25) is 0 Å². The third kappa shape index (κ3) is 2.69. The number of nitrogens with zero attached hydrogens (tertiary/aromatic N) is 2. The summed E-state index contributed by atoms with van der Waals surface area (Å²) in [4.78, 5) is 18.8. The first kappa shape index (κ1) is 11.5. The fraction of sp³-hybridized carbons (Fsp3) is 0.900. The molecule has 0 radical (unpaired) electrons. The van der Waals surface area contributed by atoms with Gasteiger partial charge in [0.25, 0.3) is 0 Å². The van der Waals surface area contributed by atoms with Crippen LogP contribution in [0, 0.1) is 5.41 Å². The summed E-state index contributed by atoms with van der Waals surface area (Å²) in [6, 6.07) is 0.516. The molecule has 0 N–H and O–H groups in total. The molecule has 0 spiro atoms. The fourth-order valence-electron chi connectivity index (χ4n) is 1.07. The van der Waals surface area contributed by atoms with Gasteiger partial charge in [-0.25, -0.2) is 4.79 Å². The van der Waals surface area contributed by atoms with Gasteiger partial charge >= 0.3 is 5.97 Å². The van der Waals surface area contributed by atoms with Crippen molar-refractivity contribution in [3.63, 3.8) is 0 Å². The molecule has 0 aliphatic carbocycles. The third-order valence-corrected chi connectivity index (χ3v) is 2.38. The van der Waals surface area contributed by atoms with Gasteiger partial charge in [0, 0.05) is 6.04 Å². The van der Waals surface area contributed by atoms with Crippen LogP contribution in [0.4, 0.5) is 0 Å². The SMILES string of the molecule is CN(C)C1CN(OC(=O)C(C)(C)C)C1. The maximum absolute atomic E-state index is 11.5. The molecule has 1 saturated heterocycles. The van der Waals surface area contributed by atoms with E-state index in [0.717, 1.165) is 13.1 Å². The number of carbonyl (C=O) groups is 1. The lowest BCUT2D eigenvalue weighted by atomic mass is 9.98. The topological polar surface area (TPSA) is 32.8 Å². The molecule has 0 unspecified atom stereocenters. The van der Waals surface area contributed by atoms with E-state index in [2.05, 4.69) is 4.90 Å². The monoisotopic (exact) mass is 200 g/mol. The van der Waals surface area contributed by atoms with E-state index >= 15 is 0 Å². The van der Waals surface area contributed by atoms with Crippen molar-refractivity contribution < 1.29 is 9.63 Å². The first-order chi connectivity index (χ1) is 6.30. The van der Waals surface area contributed by atoms with Crippen molar-refractivity contribution >= 4 is 5.97 Å². The van der Waals surface area contributed by atoms with E-state index in [-0.39, 0.29) is 5.97 Å². The minimum atomic E-state index is -0.413. The lowest BCUT2D eigenvalue weighted by Gasteiger charge is -2.41. The fourth-order valence-corrected chi connectivity index (χ4v) is 1.07. The van der Waals surface area contributed by atoms with Gasteiger partial charge in [0.15, 0.2) is 0 Å². The third-order valence-electron chi connectivity index (χ3n) is 2.38. The van der Waals surface area contributed by atoms with Crippen molar-refractivity contribution in [2.75, 3.05) is 27.2 Å². The van der Waals surface area contributed by atoms with Crippen LogP contribution >= 0.6 is 0 Å². The van der Waals surface area contributed by atoms with E-state index in [1.54, 1.807) is 5.06 Å². The molecule has 0 bridgehead atoms. The molecule has 0 aromatic carbocycles. The lowest BCUT2D eigenvalue weighted by molar-refractivity contribution is -0.228. The second kappa shape index (κ2) is 3.87. The summed E-state index contributed by atoms with van der Waals surface area (Å²) in [5.74, 6) is -0.158. The molecule has 0 atom stereocenters. The predicted molar refractivity (Wildman–Crippen MR) is 54.6 cm³/mol. The molecule has 82 valence electrons. The van der Waals surface area contributed by atoms with Gasteiger partial charge < -0.3 is 9.74 Å².